The van der Waals surface area contributed by atoms with Gasteiger partial charge in [-0.05, 0) is 18.6 Å². The van der Waals surface area contributed by atoms with Crippen LogP contribution < -0.4 is 0 Å². The molecule has 1 aromatic heterocycles. The van der Waals surface area contributed by atoms with Crippen molar-refractivity contribution >= 4 is 11.9 Å². The summed E-state index contributed by atoms with van der Waals surface area (Å²) in [6.45, 7) is 1.42. The van der Waals surface area contributed by atoms with Gasteiger partial charge < -0.3 is 10.2 Å². The van der Waals surface area contributed by atoms with E-state index in [4.69, 9.17) is 10.2 Å². The van der Waals surface area contributed by atoms with E-state index in [1.165, 1.54) is 57.7 Å². The van der Waals surface area contributed by atoms with Crippen molar-refractivity contribution in [3.8, 4) is 0 Å². The summed E-state index contributed by atoms with van der Waals surface area (Å²) >= 11 is 0. The van der Waals surface area contributed by atoms with E-state index in [1.807, 2.05) is 0 Å². The Morgan fingerprint density at radius 2 is 1.47 bits per heavy atom. The van der Waals surface area contributed by atoms with Crippen LogP contribution >= 0.6 is 0 Å². The molecule has 1 heterocycles. The van der Waals surface area contributed by atoms with E-state index in [-0.39, 0.29) is 16.8 Å². The van der Waals surface area contributed by atoms with E-state index in [9.17, 15) is 9.59 Å². The van der Waals surface area contributed by atoms with Gasteiger partial charge in [-0.2, -0.15) is 0 Å². The second-order valence-electron chi connectivity index (χ2n) is 4.56. The van der Waals surface area contributed by atoms with Crippen molar-refractivity contribution in [3.63, 3.8) is 0 Å². The number of pyridine rings is 1. The van der Waals surface area contributed by atoms with Crippen molar-refractivity contribution in [2.24, 2.45) is 0 Å². The lowest BCUT2D eigenvalue weighted by Gasteiger charge is -2.02. The molecule has 2 saturated carbocycles. The van der Waals surface area contributed by atoms with E-state index in [0.29, 0.717) is 0 Å². The second-order valence-corrected chi connectivity index (χ2v) is 4.56. The molecular weight excluding hydrogens is 246 g/mol. The fourth-order valence-corrected chi connectivity index (χ4v) is 0.983. The molecule has 104 valence electrons. The van der Waals surface area contributed by atoms with Gasteiger partial charge in [0.1, 0.15) is 0 Å². The Balaban J connectivity index is 0.000000241. The molecule has 0 unspecified atom stereocenters. The lowest BCUT2D eigenvalue weighted by molar-refractivity contribution is 0.0689. The molecule has 3 rings (SSSR count). The molecule has 0 bridgehead atoms. The third-order valence-corrected chi connectivity index (χ3v) is 2.34. The second kappa shape index (κ2) is 7.51. The van der Waals surface area contributed by atoms with Crippen molar-refractivity contribution in [2.45, 2.75) is 45.4 Å². The van der Waals surface area contributed by atoms with E-state index in [0.717, 1.165) is 0 Å². The Labute approximate surface area is 112 Å². The fourth-order valence-electron chi connectivity index (χ4n) is 0.983. The molecule has 0 atom stereocenters. The van der Waals surface area contributed by atoms with Gasteiger partial charge in [0.25, 0.3) is 0 Å². The van der Waals surface area contributed by atoms with Crippen molar-refractivity contribution in [1.29, 1.82) is 0 Å². The first-order valence-electron chi connectivity index (χ1n) is 6.46. The number of carbonyl (C=O) groups is 2. The fraction of sp³-hybridized carbons (Fsp3) is 0.500. The maximum absolute atomic E-state index is 10.6. The zero-order valence-corrected chi connectivity index (χ0v) is 11.1. The summed E-state index contributed by atoms with van der Waals surface area (Å²) in [6.07, 6.45) is 10.2. The van der Waals surface area contributed by atoms with Crippen LogP contribution in [-0.4, -0.2) is 27.1 Å². The Kier molecular flexibility index (Phi) is 5.99. The van der Waals surface area contributed by atoms with Gasteiger partial charge in [-0.3, -0.25) is 0 Å². The van der Waals surface area contributed by atoms with Crippen LogP contribution in [0.15, 0.2) is 12.3 Å². The topological polar surface area (TPSA) is 87.5 Å². The van der Waals surface area contributed by atoms with Crippen LogP contribution in [0.4, 0.5) is 0 Å². The zero-order chi connectivity index (χ0) is 14.3. The maximum atomic E-state index is 10.6. The van der Waals surface area contributed by atoms with Gasteiger partial charge in [0.2, 0.25) is 0 Å². The predicted octanol–water partition coefficient (Wildman–Crippen LogP) is 3.13. The Morgan fingerprint density at radius 1 is 1.00 bits per heavy atom. The molecular formula is C14H19NO4. The number of hydrogen-bond donors (Lipinski definition) is 2. The molecule has 2 N–H and O–H groups in total. The Morgan fingerprint density at radius 3 is 1.79 bits per heavy atom. The highest BCUT2D eigenvalue weighted by molar-refractivity contribution is 5.94. The van der Waals surface area contributed by atoms with Crippen LogP contribution in [-0.2, 0) is 0 Å². The average Bonchev–Trinajstić information content (AvgIpc) is 3.23. The van der Waals surface area contributed by atoms with Gasteiger partial charge in [-0.15, -0.1) is 0 Å². The molecule has 2 aliphatic carbocycles. The van der Waals surface area contributed by atoms with Crippen LogP contribution in [0.1, 0.15) is 64.9 Å². The molecule has 0 aliphatic heterocycles. The van der Waals surface area contributed by atoms with Crippen molar-refractivity contribution in [2.75, 3.05) is 0 Å². The summed E-state index contributed by atoms with van der Waals surface area (Å²) in [4.78, 5) is 24.7. The van der Waals surface area contributed by atoms with E-state index in [1.54, 1.807) is 0 Å². The summed E-state index contributed by atoms with van der Waals surface area (Å²) in [5.41, 5.74) is -0.0881. The normalized spacial score (nSPS) is 14.2. The minimum absolute atomic E-state index is 0.0348. The average molecular weight is 265 g/mol. The molecule has 0 saturated heterocycles. The molecule has 5 heteroatoms. The zero-order valence-electron chi connectivity index (χ0n) is 11.1. The van der Waals surface area contributed by atoms with Gasteiger partial charge in [-0.1, -0.05) is 38.5 Å². The lowest BCUT2D eigenvalue weighted by atomic mass is 10.1. The van der Waals surface area contributed by atoms with Gasteiger partial charge in [-0.25, -0.2) is 14.6 Å². The first-order chi connectivity index (χ1) is 9.04. The van der Waals surface area contributed by atoms with Gasteiger partial charge >= 0.3 is 11.9 Å². The monoisotopic (exact) mass is 265 g/mol. The number of carboxylic acids is 2. The van der Waals surface area contributed by atoms with Crippen molar-refractivity contribution < 1.29 is 19.8 Å². The number of nitrogens with zero attached hydrogens (tertiary/aromatic N) is 1. The number of rotatable bonds is 2. The number of hydrogen-bond acceptors (Lipinski definition) is 3. The van der Waals surface area contributed by atoms with Crippen LogP contribution in [0.5, 0.6) is 0 Å². The molecule has 5 nitrogen and oxygen atoms in total. The lowest BCUT2D eigenvalue weighted by Crippen LogP contribution is -2.08. The highest BCUT2D eigenvalue weighted by atomic mass is 16.4. The molecule has 0 spiro atoms. The Bertz CT molecular complexity index is 409. The van der Waals surface area contributed by atoms with Crippen LogP contribution in [0.3, 0.4) is 0 Å². The predicted molar refractivity (Wildman–Crippen MR) is 70.6 cm³/mol. The van der Waals surface area contributed by atoms with Crippen molar-refractivity contribution in [1.82, 2.24) is 4.98 Å². The standard InChI is InChI=1S/C8H7NO4.2C3H6/c1-4-5(7(10)11)2-3-9-6(4)8(12)13;2*1-2-3-1/h2-3H,1H3,(H,10,11)(H,12,13);2*1-3H2. The first-order valence-corrected chi connectivity index (χ1v) is 6.46. The van der Waals surface area contributed by atoms with Gasteiger partial charge in [0, 0.05) is 6.20 Å². The maximum Gasteiger partial charge on any atom is 0.354 e. The number of aromatic carboxylic acids is 2. The van der Waals surface area contributed by atoms with Gasteiger partial charge in [0.05, 0.1) is 5.56 Å². The summed E-state index contributed by atoms with van der Waals surface area (Å²) < 4.78 is 0. The largest absolute Gasteiger partial charge is 0.478 e. The molecule has 0 aromatic carbocycles. The van der Waals surface area contributed by atoms with Crippen LogP contribution in [0.25, 0.3) is 0 Å². The highest BCUT2D eigenvalue weighted by Gasteiger charge is 2.15. The van der Waals surface area contributed by atoms with E-state index < -0.39 is 11.9 Å². The highest BCUT2D eigenvalue weighted by Crippen LogP contribution is 2.15. The summed E-state index contributed by atoms with van der Waals surface area (Å²) in [7, 11) is 0. The van der Waals surface area contributed by atoms with E-state index >= 15 is 0 Å². The third kappa shape index (κ3) is 6.55. The number of carboxylic acid groups (broad SMARTS) is 2. The molecule has 2 fully saturated rings. The summed E-state index contributed by atoms with van der Waals surface area (Å²) in [5.74, 6) is -2.37. The molecule has 0 radical (unpaired) electrons. The third-order valence-electron chi connectivity index (χ3n) is 2.34. The molecule has 19 heavy (non-hydrogen) atoms. The minimum atomic E-state index is -1.22. The minimum Gasteiger partial charge on any atom is -0.478 e. The quantitative estimate of drug-likeness (QED) is 0.857. The Hall–Kier alpha value is -1.91. The number of aromatic nitrogens is 1. The molecule has 2 aliphatic rings. The van der Waals surface area contributed by atoms with Gasteiger partial charge in [0.15, 0.2) is 5.69 Å². The first kappa shape index (κ1) is 15.1. The van der Waals surface area contributed by atoms with Crippen LogP contribution in [0.2, 0.25) is 0 Å². The van der Waals surface area contributed by atoms with Crippen LogP contribution in [0, 0.1) is 6.92 Å². The summed E-state index contributed by atoms with van der Waals surface area (Å²) in [5, 5.41) is 17.3. The van der Waals surface area contributed by atoms with E-state index in [2.05, 4.69) is 4.98 Å². The molecule has 0 amide bonds. The SMILES string of the molecule is C1CC1.C1CC1.Cc1c(C(=O)O)ccnc1C(=O)O. The molecule has 1 aromatic rings. The summed E-state index contributed by atoms with van der Waals surface area (Å²) in [6, 6.07) is 1.27. The smallest absolute Gasteiger partial charge is 0.354 e. The van der Waals surface area contributed by atoms with Crippen molar-refractivity contribution in [3.05, 3.63) is 29.1 Å².